The van der Waals surface area contributed by atoms with Gasteiger partial charge in [-0.3, -0.25) is 4.79 Å². The van der Waals surface area contributed by atoms with Crippen LogP contribution in [0.1, 0.15) is 30.9 Å². The van der Waals surface area contributed by atoms with E-state index >= 15 is 0 Å². The summed E-state index contributed by atoms with van der Waals surface area (Å²) in [5, 5.41) is 0. The quantitative estimate of drug-likeness (QED) is 0.783. The van der Waals surface area contributed by atoms with Crippen LogP contribution in [-0.2, 0) is 17.6 Å². The van der Waals surface area contributed by atoms with Crippen LogP contribution >= 0.6 is 0 Å². The summed E-state index contributed by atoms with van der Waals surface area (Å²) >= 11 is 0. The summed E-state index contributed by atoms with van der Waals surface area (Å²) in [6.07, 6.45) is 3.57. The lowest BCUT2D eigenvalue weighted by atomic mass is 9.98. The molecule has 2 aromatic carbocycles. The summed E-state index contributed by atoms with van der Waals surface area (Å²) in [5.74, 6) is 1.81. The molecule has 4 nitrogen and oxygen atoms in total. The van der Waals surface area contributed by atoms with Gasteiger partial charge in [0.25, 0.3) is 0 Å². The third-order valence-corrected chi connectivity index (χ3v) is 5.49. The maximum Gasteiger partial charge on any atom is 0.227 e. The predicted molar refractivity (Wildman–Crippen MR) is 105 cm³/mol. The molecule has 2 heterocycles. The molecule has 2 atom stereocenters. The van der Waals surface area contributed by atoms with E-state index in [-0.39, 0.29) is 17.8 Å². The normalized spacial score (nSPS) is 21.1. The molecule has 0 bridgehead atoms. The zero-order chi connectivity index (χ0) is 19.5. The molecule has 0 radical (unpaired) electrons. The Morgan fingerprint density at radius 3 is 2.89 bits per heavy atom. The molecular weight excluding hydrogens is 357 g/mol. The molecule has 0 saturated carbocycles. The highest BCUT2D eigenvalue weighted by atomic mass is 19.1. The number of piperidine rings is 1. The highest BCUT2D eigenvalue weighted by molar-refractivity contribution is 5.79. The van der Waals surface area contributed by atoms with Crippen LogP contribution in [0, 0.1) is 11.7 Å². The van der Waals surface area contributed by atoms with Crippen molar-refractivity contribution in [2.45, 2.75) is 38.7 Å². The maximum absolute atomic E-state index is 13.0. The fraction of sp³-hybridized carbons (Fsp3) is 0.435. The molecule has 2 aliphatic heterocycles. The number of benzene rings is 2. The van der Waals surface area contributed by atoms with Gasteiger partial charge in [-0.1, -0.05) is 12.1 Å². The summed E-state index contributed by atoms with van der Waals surface area (Å²) < 4.78 is 24.5. The second kappa shape index (κ2) is 8.21. The summed E-state index contributed by atoms with van der Waals surface area (Å²) in [5.41, 5.74) is 2.24. The smallest absolute Gasteiger partial charge is 0.227 e. The van der Waals surface area contributed by atoms with E-state index < -0.39 is 0 Å². The van der Waals surface area contributed by atoms with E-state index in [1.165, 1.54) is 17.7 Å². The van der Waals surface area contributed by atoms with Crippen molar-refractivity contribution in [2.24, 2.45) is 5.92 Å². The van der Waals surface area contributed by atoms with Crippen molar-refractivity contribution >= 4 is 5.91 Å². The van der Waals surface area contributed by atoms with E-state index in [1.54, 1.807) is 12.1 Å². The summed E-state index contributed by atoms with van der Waals surface area (Å²) in [4.78, 5) is 14.8. The largest absolute Gasteiger partial charge is 0.493 e. The number of carbonyl (C=O) groups excluding carboxylic acids is 1. The van der Waals surface area contributed by atoms with Crippen LogP contribution in [0.2, 0.25) is 0 Å². The Hall–Kier alpha value is -2.56. The average molecular weight is 383 g/mol. The van der Waals surface area contributed by atoms with E-state index in [2.05, 4.69) is 13.0 Å². The third kappa shape index (κ3) is 4.46. The van der Waals surface area contributed by atoms with Crippen molar-refractivity contribution in [1.29, 1.82) is 0 Å². The number of nitrogens with zero attached hydrogens (tertiary/aromatic N) is 1. The van der Waals surface area contributed by atoms with Crippen molar-refractivity contribution in [3.63, 3.8) is 0 Å². The maximum atomic E-state index is 13.0. The average Bonchev–Trinajstić information content (AvgIpc) is 3.07. The number of hydrogen-bond acceptors (Lipinski definition) is 3. The summed E-state index contributed by atoms with van der Waals surface area (Å²) in [6.45, 7) is 4.12. The number of likely N-dealkylation sites (tertiary alicyclic amines) is 1. The molecule has 0 spiro atoms. The van der Waals surface area contributed by atoms with Crippen LogP contribution in [-0.4, -0.2) is 36.6 Å². The molecule has 0 aliphatic carbocycles. The van der Waals surface area contributed by atoms with Crippen LogP contribution in [0.15, 0.2) is 42.5 Å². The Morgan fingerprint density at radius 2 is 2.07 bits per heavy atom. The molecule has 4 rings (SSSR count). The minimum atomic E-state index is -0.269. The zero-order valence-electron chi connectivity index (χ0n) is 16.2. The van der Waals surface area contributed by atoms with Crippen molar-refractivity contribution in [3.05, 3.63) is 59.4 Å². The first-order chi connectivity index (χ1) is 13.6. The van der Waals surface area contributed by atoms with Crippen LogP contribution in [0.5, 0.6) is 11.5 Å². The molecule has 2 aromatic rings. The lowest BCUT2D eigenvalue weighted by Crippen LogP contribution is -2.42. The van der Waals surface area contributed by atoms with E-state index in [0.29, 0.717) is 31.2 Å². The van der Waals surface area contributed by atoms with Gasteiger partial charge in [-0.2, -0.15) is 0 Å². The van der Waals surface area contributed by atoms with E-state index in [0.717, 1.165) is 37.1 Å². The Bertz CT molecular complexity index is 836. The van der Waals surface area contributed by atoms with Crippen LogP contribution in [0.3, 0.4) is 0 Å². The Kier molecular flexibility index (Phi) is 5.51. The molecule has 0 unspecified atom stereocenters. The molecule has 0 aromatic heterocycles. The minimum Gasteiger partial charge on any atom is -0.493 e. The first-order valence-corrected chi connectivity index (χ1v) is 10.0. The lowest BCUT2D eigenvalue weighted by Gasteiger charge is -2.32. The number of fused-ring (bicyclic) bond motifs is 1. The lowest BCUT2D eigenvalue weighted by molar-refractivity contribution is -0.132. The van der Waals surface area contributed by atoms with Crippen LogP contribution < -0.4 is 9.47 Å². The molecule has 5 heteroatoms. The molecule has 28 heavy (non-hydrogen) atoms. The highest BCUT2D eigenvalue weighted by Gasteiger charge is 2.25. The van der Waals surface area contributed by atoms with Gasteiger partial charge in [-0.25, -0.2) is 4.39 Å². The molecule has 1 fully saturated rings. The van der Waals surface area contributed by atoms with Gasteiger partial charge in [0.2, 0.25) is 5.91 Å². The van der Waals surface area contributed by atoms with Crippen molar-refractivity contribution in [1.82, 2.24) is 4.90 Å². The fourth-order valence-electron chi connectivity index (χ4n) is 4.04. The second-order valence-corrected chi connectivity index (χ2v) is 7.86. The Morgan fingerprint density at radius 1 is 1.25 bits per heavy atom. The van der Waals surface area contributed by atoms with Crippen LogP contribution in [0.25, 0.3) is 0 Å². The molecule has 0 N–H and O–H groups in total. The number of halogens is 1. The molecule has 148 valence electrons. The first-order valence-electron chi connectivity index (χ1n) is 10.0. The van der Waals surface area contributed by atoms with Crippen LogP contribution in [0.4, 0.5) is 4.39 Å². The number of hydrogen-bond donors (Lipinski definition) is 0. The zero-order valence-corrected chi connectivity index (χ0v) is 16.2. The molecule has 1 saturated heterocycles. The first kappa shape index (κ1) is 18.8. The number of carbonyl (C=O) groups is 1. The summed E-state index contributed by atoms with van der Waals surface area (Å²) in [6, 6.07) is 12.2. The van der Waals surface area contributed by atoms with Gasteiger partial charge in [-0.05, 0) is 61.2 Å². The van der Waals surface area contributed by atoms with Gasteiger partial charge in [0.1, 0.15) is 23.4 Å². The number of ether oxygens (including phenoxy) is 2. The Balaban J connectivity index is 1.31. The van der Waals surface area contributed by atoms with Crippen molar-refractivity contribution in [3.8, 4) is 11.5 Å². The SMILES string of the molecule is C[C@H]1Cc2cc(CC(=O)N3CCC[C@@H](COc4ccc(F)cc4)C3)ccc2O1. The van der Waals surface area contributed by atoms with Gasteiger partial charge in [0, 0.05) is 25.4 Å². The van der Waals surface area contributed by atoms with E-state index in [1.807, 2.05) is 17.0 Å². The predicted octanol–water partition coefficient (Wildman–Crippen LogP) is 4.01. The van der Waals surface area contributed by atoms with Gasteiger partial charge in [0.05, 0.1) is 13.0 Å². The van der Waals surface area contributed by atoms with Crippen molar-refractivity contribution < 1.29 is 18.7 Å². The van der Waals surface area contributed by atoms with E-state index in [9.17, 15) is 9.18 Å². The van der Waals surface area contributed by atoms with Gasteiger partial charge < -0.3 is 14.4 Å². The number of amides is 1. The molecular formula is C23H26FNO3. The van der Waals surface area contributed by atoms with Gasteiger partial charge in [0.15, 0.2) is 0 Å². The van der Waals surface area contributed by atoms with E-state index in [4.69, 9.17) is 9.47 Å². The van der Waals surface area contributed by atoms with Gasteiger partial charge >= 0.3 is 0 Å². The third-order valence-electron chi connectivity index (χ3n) is 5.49. The minimum absolute atomic E-state index is 0.165. The topological polar surface area (TPSA) is 38.8 Å². The standard InChI is InChI=1S/C23H26FNO3/c1-16-11-19-12-17(4-9-22(19)28-16)13-23(26)25-10-2-3-18(14-25)15-27-21-7-5-20(24)6-8-21/h4-9,12,16,18H,2-3,10-11,13-15H2,1H3/t16-,18+/m0/s1. The Labute approximate surface area is 165 Å². The highest BCUT2D eigenvalue weighted by Crippen LogP contribution is 2.29. The monoisotopic (exact) mass is 383 g/mol. The second-order valence-electron chi connectivity index (χ2n) is 7.86. The number of rotatable bonds is 5. The van der Waals surface area contributed by atoms with Gasteiger partial charge in [-0.15, -0.1) is 0 Å². The fourth-order valence-corrected chi connectivity index (χ4v) is 4.04. The van der Waals surface area contributed by atoms with Crippen molar-refractivity contribution in [2.75, 3.05) is 19.7 Å². The molecule has 2 aliphatic rings. The molecule has 1 amide bonds. The summed E-state index contributed by atoms with van der Waals surface area (Å²) in [7, 11) is 0.